The zero-order valence-electron chi connectivity index (χ0n) is 19.8. The van der Waals surface area contributed by atoms with Crippen molar-refractivity contribution in [1.29, 1.82) is 0 Å². The standard InChI is InChI=1S/C24H28N5O4P/c1-7-21(30)26-16-11-12-19(32-3)18(13-16)28-24-25-14-15(2)23(29-24)27-17-9-8-10-20(33-4)22(17)34(5,6)31/h7-14H,1H2,2-6H3,(H,26,30)(H2,25,27,28,29). The quantitative estimate of drug-likeness (QED) is 0.299. The molecule has 2 aromatic carbocycles. The van der Waals surface area contributed by atoms with E-state index in [-0.39, 0.29) is 5.91 Å². The molecule has 0 spiro atoms. The lowest BCUT2D eigenvalue weighted by Crippen LogP contribution is -2.14. The van der Waals surface area contributed by atoms with E-state index in [4.69, 9.17) is 9.47 Å². The Morgan fingerprint density at radius 3 is 2.44 bits per heavy atom. The Bertz CT molecular complexity index is 1270. The fourth-order valence-corrected chi connectivity index (χ4v) is 4.70. The molecule has 1 amide bonds. The van der Waals surface area contributed by atoms with Crippen LogP contribution in [0.25, 0.3) is 0 Å². The van der Waals surface area contributed by atoms with Crippen LogP contribution in [0.2, 0.25) is 0 Å². The first-order valence-corrected chi connectivity index (χ1v) is 13.0. The van der Waals surface area contributed by atoms with Crippen LogP contribution in [0.5, 0.6) is 11.5 Å². The van der Waals surface area contributed by atoms with E-state index in [1.807, 2.05) is 19.1 Å². The maximum atomic E-state index is 13.0. The number of hydrogen-bond donors (Lipinski definition) is 3. The van der Waals surface area contributed by atoms with Gasteiger partial charge in [0.25, 0.3) is 0 Å². The lowest BCUT2D eigenvalue weighted by molar-refractivity contribution is -0.111. The number of anilines is 5. The van der Waals surface area contributed by atoms with Gasteiger partial charge in [0.15, 0.2) is 0 Å². The van der Waals surface area contributed by atoms with Crippen molar-refractivity contribution < 1.29 is 18.8 Å². The minimum absolute atomic E-state index is 0.305. The van der Waals surface area contributed by atoms with Gasteiger partial charge >= 0.3 is 0 Å². The third-order valence-electron chi connectivity index (χ3n) is 4.88. The fraction of sp³-hybridized carbons (Fsp3) is 0.208. The first kappa shape index (κ1) is 24.8. The van der Waals surface area contributed by atoms with E-state index in [9.17, 15) is 9.36 Å². The molecule has 0 radical (unpaired) electrons. The lowest BCUT2D eigenvalue weighted by Gasteiger charge is -2.19. The molecule has 0 atom stereocenters. The highest BCUT2D eigenvalue weighted by Gasteiger charge is 2.22. The molecule has 0 aliphatic heterocycles. The number of amides is 1. The van der Waals surface area contributed by atoms with Gasteiger partial charge in [-0.3, -0.25) is 4.79 Å². The van der Waals surface area contributed by atoms with Crippen molar-refractivity contribution in [3.05, 3.63) is 60.8 Å². The SMILES string of the molecule is C=CC(=O)Nc1ccc(OC)c(Nc2ncc(C)c(Nc3cccc(OC)c3P(C)(C)=O)n2)c1. The van der Waals surface area contributed by atoms with Gasteiger partial charge in [-0.1, -0.05) is 12.6 Å². The minimum atomic E-state index is -2.66. The van der Waals surface area contributed by atoms with Crippen LogP contribution in [0.4, 0.5) is 28.8 Å². The van der Waals surface area contributed by atoms with E-state index in [0.29, 0.717) is 45.6 Å². The van der Waals surface area contributed by atoms with Gasteiger partial charge in [-0.15, -0.1) is 0 Å². The molecule has 34 heavy (non-hydrogen) atoms. The number of rotatable bonds is 9. The second-order valence-electron chi connectivity index (χ2n) is 7.79. The van der Waals surface area contributed by atoms with Crippen LogP contribution in [-0.2, 0) is 9.36 Å². The smallest absolute Gasteiger partial charge is 0.247 e. The maximum absolute atomic E-state index is 13.0. The molecule has 0 saturated carbocycles. The summed E-state index contributed by atoms with van der Waals surface area (Å²) in [5.74, 6) is 1.61. The summed E-state index contributed by atoms with van der Waals surface area (Å²) in [7, 11) is 0.432. The highest BCUT2D eigenvalue weighted by molar-refractivity contribution is 7.70. The van der Waals surface area contributed by atoms with Crippen molar-refractivity contribution in [2.45, 2.75) is 6.92 Å². The Hall–Kier alpha value is -3.84. The Morgan fingerprint density at radius 1 is 1.06 bits per heavy atom. The molecule has 3 aromatic rings. The number of hydrogen-bond acceptors (Lipinski definition) is 8. The zero-order valence-corrected chi connectivity index (χ0v) is 20.7. The molecule has 3 N–H and O–H groups in total. The highest BCUT2D eigenvalue weighted by atomic mass is 31.2. The van der Waals surface area contributed by atoms with Gasteiger partial charge in [-0.2, -0.15) is 4.98 Å². The van der Waals surface area contributed by atoms with Gasteiger partial charge in [0, 0.05) is 17.4 Å². The fourth-order valence-electron chi connectivity index (χ4n) is 3.30. The summed E-state index contributed by atoms with van der Waals surface area (Å²) in [6.07, 6.45) is 2.86. The number of ether oxygens (including phenoxy) is 2. The van der Waals surface area contributed by atoms with Crippen LogP contribution in [0, 0.1) is 6.92 Å². The van der Waals surface area contributed by atoms with Crippen molar-refractivity contribution in [3.8, 4) is 11.5 Å². The van der Waals surface area contributed by atoms with E-state index >= 15 is 0 Å². The molecule has 0 unspecified atom stereocenters. The van der Waals surface area contributed by atoms with Gasteiger partial charge in [0.2, 0.25) is 11.9 Å². The Morgan fingerprint density at radius 2 is 1.79 bits per heavy atom. The molecule has 0 bridgehead atoms. The van der Waals surface area contributed by atoms with Crippen LogP contribution in [-0.4, -0.2) is 43.4 Å². The van der Waals surface area contributed by atoms with Gasteiger partial charge < -0.3 is 30.0 Å². The van der Waals surface area contributed by atoms with Crippen molar-refractivity contribution in [2.24, 2.45) is 0 Å². The predicted octanol–water partition coefficient (Wildman–Crippen LogP) is 4.66. The summed E-state index contributed by atoms with van der Waals surface area (Å²) in [6, 6.07) is 10.6. The van der Waals surface area contributed by atoms with Crippen molar-refractivity contribution in [3.63, 3.8) is 0 Å². The average Bonchev–Trinajstić information content (AvgIpc) is 2.80. The summed E-state index contributed by atoms with van der Waals surface area (Å²) in [5.41, 5.74) is 2.56. The molecule has 9 nitrogen and oxygen atoms in total. The molecule has 0 aliphatic rings. The normalized spacial score (nSPS) is 10.9. The summed E-state index contributed by atoms with van der Waals surface area (Å²) >= 11 is 0. The van der Waals surface area contributed by atoms with Gasteiger partial charge in [-0.05, 0) is 56.7 Å². The van der Waals surface area contributed by atoms with Crippen molar-refractivity contribution >= 4 is 47.2 Å². The van der Waals surface area contributed by atoms with Gasteiger partial charge in [-0.25, -0.2) is 4.98 Å². The van der Waals surface area contributed by atoms with Gasteiger partial charge in [0.1, 0.15) is 24.5 Å². The molecule has 0 fully saturated rings. The predicted molar refractivity (Wildman–Crippen MR) is 137 cm³/mol. The molecule has 1 heterocycles. The van der Waals surface area contributed by atoms with E-state index in [1.165, 1.54) is 6.08 Å². The number of nitrogens with one attached hydrogen (secondary N) is 3. The molecule has 1 aromatic heterocycles. The van der Waals surface area contributed by atoms with E-state index in [0.717, 1.165) is 5.56 Å². The lowest BCUT2D eigenvalue weighted by atomic mass is 10.2. The molecule has 10 heteroatoms. The second kappa shape index (κ2) is 10.4. The summed E-state index contributed by atoms with van der Waals surface area (Å²) in [6.45, 7) is 8.72. The Balaban J connectivity index is 1.96. The number of methoxy groups -OCH3 is 2. The second-order valence-corrected chi connectivity index (χ2v) is 10.9. The number of carbonyl (C=O) groups excluding carboxylic acids is 1. The first-order valence-electron chi connectivity index (χ1n) is 10.4. The molecule has 0 aliphatic carbocycles. The van der Waals surface area contributed by atoms with Crippen LogP contribution in [0.3, 0.4) is 0 Å². The largest absolute Gasteiger partial charge is 0.496 e. The van der Waals surface area contributed by atoms with Crippen LogP contribution in [0.15, 0.2) is 55.3 Å². The Kier molecular flexibility index (Phi) is 7.58. The third kappa shape index (κ3) is 5.74. The topological polar surface area (TPSA) is 114 Å². The first-order chi connectivity index (χ1) is 16.2. The van der Waals surface area contributed by atoms with E-state index in [1.54, 1.807) is 58.0 Å². The van der Waals surface area contributed by atoms with Crippen molar-refractivity contribution in [2.75, 3.05) is 43.5 Å². The highest BCUT2D eigenvalue weighted by Crippen LogP contribution is 2.42. The number of benzene rings is 2. The van der Waals surface area contributed by atoms with Crippen LogP contribution in [0.1, 0.15) is 5.56 Å². The number of carbonyl (C=O) groups is 1. The number of aromatic nitrogens is 2. The monoisotopic (exact) mass is 481 g/mol. The number of aryl methyl sites for hydroxylation is 1. The third-order valence-corrected chi connectivity index (χ3v) is 6.42. The molecule has 0 saturated heterocycles. The molecular weight excluding hydrogens is 453 g/mol. The zero-order chi connectivity index (χ0) is 24.9. The summed E-state index contributed by atoms with van der Waals surface area (Å²) in [5, 5.41) is 9.73. The summed E-state index contributed by atoms with van der Waals surface area (Å²) < 4.78 is 23.9. The molecule has 178 valence electrons. The van der Waals surface area contributed by atoms with Gasteiger partial charge in [0.05, 0.1) is 30.9 Å². The Labute approximate surface area is 199 Å². The maximum Gasteiger partial charge on any atom is 0.247 e. The van der Waals surface area contributed by atoms with E-state index in [2.05, 4.69) is 32.5 Å². The van der Waals surface area contributed by atoms with Crippen LogP contribution >= 0.6 is 7.14 Å². The molecule has 3 rings (SSSR count). The summed E-state index contributed by atoms with van der Waals surface area (Å²) in [4.78, 5) is 20.6. The number of nitrogens with zero attached hydrogens (tertiary/aromatic N) is 2. The minimum Gasteiger partial charge on any atom is -0.496 e. The average molecular weight is 481 g/mol. The van der Waals surface area contributed by atoms with Crippen LogP contribution < -0.4 is 30.7 Å². The molecular formula is C24H28N5O4P. The van der Waals surface area contributed by atoms with E-state index < -0.39 is 7.14 Å². The van der Waals surface area contributed by atoms with Crippen molar-refractivity contribution in [1.82, 2.24) is 9.97 Å².